The van der Waals surface area contributed by atoms with Crippen molar-refractivity contribution in [3.8, 4) is 0 Å². The molecule has 0 spiro atoms. The highest BCUT2D eigenvalue weighted by atomic mass is 16.5. The molecule has 4 rings (SSSR count). The van der Waals surface area contributed by atoms with Crippen molar-refractivity contribution in [3.63, 3.8) is 0 Å². The molecule has 0 aliphatic heterocycles. The highest BCUT2D eigenvalue weighted by Gasteiger charge is 2.59. The molecule has 4 aliphatic rings. The molecule has 0 aromatic carbocycles. The maximum Gasteiger partial charge on any atom is 0.307 e. The summed E-state index contributed by atoms with van der Waals surface area (Å²) in [5, 5.41) is 0. The minimum Gasteiger partial charge on any atom is -0.435 e. The molecular formula is C31H48O2. The van der Waals surface area contributed by atoms with E-state index in [1.54, 1.807) is 5.57 Å². The highest BCUT2D eigenvalue weighted by molar-refractivity contribution is 5.66. The Hall–Kier alpha value is -1.31. The lowest BCUT2D eigenvalue weighted by atomic mass is 9.44. The molecule has 0 aromatic rings. The lowest BCUT2D eigenvalue weighted by Crippen LogP contribution is -2.52. The van der Waals surface area contributed by atoms with Gasteiger partial charge in [-0.05, 0) is 116 Å². The first-order valence-corrected chi connectivity index (χ1v) is 13.9. The van der Waals surface area contributed by atoms with E-state index >= 15 is 0 Å². The Morgan fingerprint density at radius 3 is 2.36 bits per heavy atom. The van der Waals surface area contributed by atoms with Gasteiger partial charge in [0.1, 0.15) is 0 Å². The third kappa shape index (κ3) is 4.65. The quantitative estimate of drug-likeness (QED) is 0.237. The van der Waals surface area contributed by atoms with Gasteiger partial charge in [-0.15, -0.1) is 0 Å². The first kappa shape index (κ1) is 24.8. The van der Waals surface area contributed by atoms with Crippen molar-refractivity contribution in [1.29, 1.82) is 0 Å². The van der Waals surface area contributed by atoms with E-state index in [-0.39, 0.29) is 5.97 Å². The van der Waals surface area contributed by atoms with Gasteiger partial charge in [0.25, 0.3) is 0 Å². The van der Waals surface area contributed by atoms with Crippen molar-refractivity contribution < 1.29 is 9.53 Å². The summed E-state index contributed by atoms with van der Waals surface area (Å²) in [5.74, 6) is 4.72. The molecule has 0 amide bonds. The second kappa shape index (κ2) is 9.74. The molecule has 7 atom stereocenters. The van der Waals surface area contributed by atoms with Crippen LogP contribution in [0.1, 0.15) is 106 Å². The molecule has 0 bridgehead atoms. The van der Waals surface area contributed by atoms with Gasteiger partial charge in [-0.3, -0.25) is 4.79 Å². The van der Waals surface area contributed by atoms with Crippen molar-refractivity contribution in [2.24, 2.45) is 46.3 Å². The maximum atomic E-state index is 11.1. The summed E-state index contributed by atoms with van der Waals surface area (Å²) in [5.41, 5.74) is 3.87. The zero-order chi connectivity index (χ0) is 23.8. The van der Waals surface area contributed by atoms with E-state index in [1.807, 2.05) is 6.08 Å². The molecular weight excluding hydrogens is 404 g/mol. The van der Waals surface area contributed by atoms with Crippen LogP contribution >= 0.6 is 0 Å². The Labute approximate surface area is 203 Å². The number of esters is 1. The molecule has 0 saturated heterocycles. The molecule has 33 heavy (non-hydrogen) atoms. The van der Waals surface area contributed by atoms with Crippen LogP contribution in [0.3, 0.4) is 0 Å². The van der Waals surface area contributed by atoms with Gasteiger partial charge in [0.15, 0.2) is 0 Å². The molecule has 0 aromatic heterocycles. The number of carbonyl (C=O) groups is 1. The SMILES string of the molecule is CC(=O)OC=CC(=CC=C(C)[C@H]1CC[C@H]2[C@@H]3CCC4CCCC[C@]4(C)[C@H]3CC[C@]12C)C(C)C. The first-order chi connectivity index (χ1) is 15.7. The lowest BCUT2D eigenvalue weighted by Gasteiger charge is -2.60. The second-order valence-corrected chi connectivity index (χ2v) is 12.7. The van der Waals surface area contributed by atoms with Crippen molar-refractivity contribution >= 4 is 5.97 Å². The third-order valence-corrected chi connectivity index (χ3v) is 10.8. The Morgan fingerprint density at radius 1 is 0.879 bits per heavy atom. The molecule has 1 unspecified atom stereocenters. The van der Waals surface area contributed by atoms with Gasteiger partial charge in [0.2, 0.25) is 0 Å². The Bertz CT molecular complexity index is 817. The predicted octanol–water partition coefficient (Wildman–Crippen LogP) is 8.64. The van der Waals surface area contributed by atoms with Crippen LogP contribution in [-0.4, -0.2) is 5.97 Å². The number of ether oxygens (including phenoxy) is 1. The molecule has 2 heteroatoms. The van der Waals surface area contributed by atoms with Gasteiger partial charge >= 0.3 is 5.97 Å². The van der Waals surface area contributed by atoms with Crippen LogP contribution < -0.4 is 0 Å². The number of allylic oxidation sites excluding steroid dienone is 5. The fraction of sp³-hybridized carbons (Fsp3) is 0.774. The number of hydrogen-bond acceptors (Lipinski definition) is 2. The maximum absolute atomic E-state index is 11.1. The van der Waals surface area contributed by atoms with Crippen LogP contribution in [0.4, 0.5) is 0 Å². The summed E-state index contributed by atoms with van der Waals surface area (Å²) in [6.07, 6.45) is 22.7. The van der Waals surface area contributed by atoms with Crippen LogP contribution in [0.15, 0.2) is 35.6 Å². The van der Waals surface area contributed by atoms with E-state index in [4.69, 9.17) is 4.74 Å². The molecule has 0 N–H and O–H groups in total. The Morgan fingerprint density at radius 2 is 1.64 bits per heavy atom. The first-order valence-electron chi connectivity index (χ1n) is 13.9. The largest absolute Gasteiger partial charge is 0.435 e. The fourth-order valence-electron chi connectivity index (χ4n) is 9.04. The monoisotopic (exact) mass is 452 g/mol. The Balaban J connectivity index is 1.51. The summed E-state index contributed by atoms with van der Waals surface area (Å²) < 4.78 is 5.03. The van der Waals surface area contributed by atoms with Crippen LogP contribution in [0.25, 0.3) is 0 Å². The molecule has 0 radical (unpaired) electrons. The van der Waals surface area contributed by atoms with E-state index in [0.29, 0.717) is 22.7 Å². The lowest BCUT2D eigenvalue weighted by molar-refractivity contribution is -0.135. The van der Waals surface area contributed by atoms with Crippen LogP contribution in [0, 0.1) is 46.3 Å². The summed E-state index contributed by atoms with van der Waals surface area (Å²) in [7, 11) is 0. The van der Waals surface area contributed by atoms with E-state index in [0.717, 1.165) is 23.7 Å². The van der Waals surface area contributed by atoms with Crippen LogP contribution in [-0.2, 0) is 9.53 Å². The number of carbonyl (C=O) groups excluding carboxylic acids is 1. The third-order valence-electron chi connectivity index (χ3n) is 10.8. The van der Waals surface area contributed by atoms with E-state index in [9.17, 15) is 4.79 Å². The van der Waals surface area contributed by atoms with Crippen molar-refractivity contribution in [2.45, 2.75) is 106 Å². The van der Waals surface area contributed by atoms with Gasteiger partial charge in [0.05, 0.1) is 6.26 Å². The zero-order valence-corrected chi connectivity index (χ0v) is 22.2. The zero-order valence-electron chi connectivity index (χ0n) is 22.2. The summed E-state index contributed by atoms with van der Waals surface area (Å²) in [6, 6.07) is 0. The minimum atomic E-state index is -0.266. The number of rotatable bonds is 5. The average Bonchev–Trinajstić information content (AvgIpc) is 3.12. The second-order valence-electron chi connectivity index (χ2n) is 12.7. The van der Waals surface area contributed by atoms with E-state index in [2.05, 4.69) is 46.8 Å². The molecule has 0 heterocycles. The fourth-order valence-corrected chi connectivity index (χ4v) is 9.04. The summed E-state index contributed by atoms with van der Waals surface area (Å²) >= 11 is 0. The summed E-state index contributed by atoms with van der Waals surface area (Å²) in [6.45, 7) is 13.5. The topological polar surface area (TPSA) is 26.3 Å². The van der Waals surface area contributed by atoms with Crippen molar-refractivity contribution in [3.05, 3.63) is 35.6 Å². The molecule has 4 saturated carbocycles. The van der Waals surface area contributed by atoms with Crippen molar-refractivity contribution in [2.75, 3.05) is 0 Å². The van der Waals surface area contributed by atoms with Crippen LogP contribution in [0.5, 0.6) is 0 Å². The van der Waals surface area contributed by atoms with Gasteiger partial charge < -0.3 is 4.74 Å². The van der Waals surface area contributed by atoms with Crippen molar-refractivity contribution in [1.82, 2.24) is 0 Å². The van der Waals surface area contributed by atoms with Gasteiger partial charge in [-0.25, -0.2) is 0 Å². The molecule has 2 nitrogen and oxygen atoms in total. The number of fused-ring (bicyclic) bond motifs is 5. The normalized spacial score (nSPS) is 41.6. The van der Waals surface area contributed by atoms with Crippen LogP contribution in [0.2, 0.25) is 0 Å². The summed E-state index contributed by atoms with van der Waals surface area (Å²) in [4.78, 5) is 11.1. The molecule has 184 valence electrons. The smallest absolute Gasteiger partial charge is 0.307 e. The predicted molar refractivity (Wildman–Crippen MR) is 137 cm³/mol. The van der Waals surface area contributed by atoms with Gasteiger partial charge in [-0.2, -0.15) is 0 Å². The van der Waals surface area contributed by atoms with E-state index in [1.165, 1.54) is 83.0 Å². The molecule has 4 fully saturated rings. The highest BCUT2D eigenvalue weighted by Crippen LogP contribution is 2.68. The standard InChI is InChI=1S/C31H48O2/c1-21(2)24(17-20-33-23(4)32)11-10-22(3)27-14-15-28-26-13-12-25-9-7-8-18-30(25,5)29(26)16-19-31(27,28)6/h10-11,17,20-21,25-29H,7-9,12-16,18-19H2,1-6H3/t25?,26-,27+,28-,29-,30-,31+/m0/s1. The Kier molecular flexibility index (Phi) is 7.32. The minimum absolute atomic E-state index is 0.266. The van der Waals surface area contributed by atoms with Gasteiger partial charge in [-0.1, -0.05) is 58.3 Å². The average molecular weight is 453 g/mol. The van der Waals surface area contributed by atoms with Gasteiger partial charge in [0, 0.05) is 6.92 Å². The van der Waals surface area contributed by atoms with E-state index < -0.39 is 0 Å². The molecule has 4 aliphatic carbocycles. The number of hydrogen-bond donors (Lipinski definition) is 0.